The standard InChI is InChI=1S/C13H23N3O4/c14-15-13(18)11-1-4-16(5-2-11)12(17)9-20-8-10-3-6-19-7-10/h10-11H,1-9,14H2,(H,15,18). The Balaban J connectivity index is 1.62. The van der Waals surface area contributed by atoms with Crippen LogP contribution in [0.1, 0.15) is 19.3 Å². The van der Waals surface area contributed by atoms with Crippen molar-refractivity contribution in [2.75, 3.05) is 39.5 Å². The first kappa shape index (κ1) is 15.2. The van der Waals surface area contributed by atoms with Gasteiger partial charge in [0.15, 0.2) is 0 Å². The first-order valence-electron chi connectivity index (χ1n) is 7.14. The molecule has 0 spiro atoms. The normalized spacial score (nSPS) is 23.9. The minimum absolute atomic E-state index is 0.00415. The van der Waals surface area contributed by atoms with E-state index in [1.807, 2.05) is 0 Å². The molecule has 0 aromatic heterocycles. The summed E-state index contributed by atoms with van der Waals surface area (Å²) in [5.41, 5.74) is 2.17. The molecule has 0 bridgehead atoms. The molecule has 0 aliphatic carbocycles. The number of carbonyl (C=O) groups excluding carboxylic acids is 2. The van der Waals surface area contributed by atoms with Crippen molar-refractivity contribution in [3.8, 4) is 0 Å². The van der Waals surface area contributed by atoms with Crippen LogP contribution in [-0.2, 0) is 19.1 Å². The van der Waals surface area contributed by atoms with Crippen LogP contribution in [0.3, 0.4) is 0 Å². The van der Waals surface area contributed by atoms with Crippen LogP contribution in [0.4, 0.5) is 0 Å². The molecule has 2 saturated heterocycles. The third-order valence-corrected chi connectivity index (χ3v) is 3.96. The smallest absolute Gasteiger partial charge is 0.248 e. The van der Waals surface area contributed by atoms with E-state index in [0.29, 0.717) is 38.5 Å². The summed E-state index contributed by atoms with van der Waals surface area (Å²) >= 11 is 0. The van der Waals surface area contributed by atoms with Gasteiger partial charge in [0, 0.05) is 31.5 Å². The molecule has 2 rings (SSSR count). The molecule has 0 radical (unpaired) electrons. The van der Waals surface area contributed by atoms with Gasteiger partial charge in [-0.25, -0.2) is 5.84 Å². The number of carbonyl (C=O) groups is 2. The summed E-state index contributed by atoms with van der Waals surface area (Å²) in [5, 5.41) is 0. The van der Waals surface area contributed by atoms with Gasteiger partial charge >= 0.3 is 0 Å². The van der Waals surface area contributed by atoms with Gasteiger partial charge < -0.3 is 14.4 Å². The lowest BCUT2D eigenvalue weighted by Crippen LogP contribution is -2.45. The number of nitrogens with two attached hydrogens (primary N) is 1. The van der Waals surface area contributed by atoms with Crippen LogP contribution in [0.15, 0.2) is 0 Å². The van der Waals surface area contributed by atoms with Gasteiger partial charge in [0.25, 0.3) is 0 Å². The van der Waals surface area contributed by atoms with E-state index in [-0.39, 0.29) is 24.3 Å². The third-order valence-electron chi connectivity index (χ3n) is 3.96. The molecule has 7 heteroatoms. The summed E-state index contributed by atoms with van der Waals surface area (Å²) in [4.78, 5) is 25.1. The Labute approximate surface area is 118 Å². The van der Waals surface area contributed by atoms with E-state index in [0.717, 1.165) is 19.6 Å². The van der Waals surface area contributed by atoms with E-state index in [4.69, 9.17) is 15.3 Å². The number of likely N-dealkylation sites (tertiary alicyclic amines) is 1. The number of hydrogen-bond acceptors (Lipinski definition) is 5. The Kier molecular flexibility index (Phi) is 5.75. The lowest BCUT2D eigenvalue weighted by molar-refractivity contribution is -0.140. The van der Waals surface area contributed by atoms with Gasteiger partial charge in [0.2, 0.25) is 11.8 Å². The second-order valence-corrected chi connectivity index (χ2v) is 5.41. The Morgan fingerprint density at radius 1 is 1.30 bits per heavy atom. The zero-order chi connectivity index (χ0) is 14.4. The summed E-state index contributed by atoms with van der Waals surface area (Å²) in [6, 6.07) is 0. The number of hydrogen-bond donors (Lipinski definition) is 2. The molecular weight excluding hydrogens is 262 g/mol. The highest BCUT2D eigenvalue weighted by Crippen LogP contribution is 2.17. The summed E-state index contributed by atoms with van der Waals surface area (Å²) in [6.07, 6.45) is 2.32. The molecule has 1 unspecified atom stereocenters. The quantitative estimate of drug-likeness (QED) is 0.394. The number of nitrogens with zero attached hydrogens (tertiary/aromatic N) is 1. The van der Waals surface area contributed by atoms with Crippen molar-refractivity contribution in [1.82, 2.24) is 10.3 Å². The van der Waals surface area contributed by atoms with Crippen molar-refractivity contribution < 1.29 is 19.1 Å². The maximum atomic E-state index is 12.0. The van der Waals surface area contributed by atoms with E-state index in [2.05, 4.69) is 5.43 Å². The van der Waals surface area contributed by atoms with Crippen molar-refractivity contribution in [1.29, 1.82) is 0 Å². The van der Waals surface area contributed by atoms with E-state index >= 15 is 0 Å². The second-order valence-electron chi connectivity index (χ2n) is 5.41. The van der Waals surface area contributed by atoms with Crippen molar-refractivity contribution in [3.05, 3.63) is 0 Å². The fourth-order valence-electron chi connectivity index (χ4n) is 2.63. The molecule has 3 N–H and O–H groups in total. The van der Waals surface area contributed by atoms with E-state index < -0.39 is 0 Å². The van der Waals surface area contributed by atoms with Crippen molar-refractivity contribution >= 4 is 11.8 Å². The van der Waals surface area contributed by atoms with Crippen LogP contribution in [0.2, 0.25) is 0 Å². The van der Waals surface area contributed by atoms with Gasteiger partial charge in [-0.1, -0.05) is 0 Å². The molecule has 2 aliphatic rings. The lowest BCUT2D eigenvalue weighted by Gasteiger charge is -2.31. The number of piperidine rings is 1. The van der Waals surface area contributed by atoms with Crippen LogP contribution in [-0.4, -0.2) is 56.2 Å². The Morgan fingerprint density at radius 2 is 2.05 bits per heavy atom. The van der Waals surface area contributed by atoms with Crippen LogP contribution >= 0.6 is 0 Å². The van der Waals surface area contributed by atoms with Crippen LogP contribution in [0.5, 0.6) is 0 Å². The highest BCUT2D eigenvalue weighted by molar-refractivity contribution is 5.80. The number of amides is 2. The van der Waals surface area contributed by atoms with Crippen LogP contribution in [0, 0.1) is 11.8 Å². The predicted octanol–water partition coefficient (Wildman–Crippen LogP) is -0.732. The number of rotatable bonds is 5. The third kappa shape index (κ3) is 4.16. The molecule has 2 amide bonds. The number of hydrazine groups is 1. The summed E-state index contributed by atoms with van der Waals surface area (Å²) in [6.45, 7) is 3.40. The average molecular weight is 285 g/mol. The number of ether oxygens (including phenoxy) is 2. The molecule has 1 atom stereocenters. The molecular formula is C13H23N3O4. The van der Waals surface area contributed by atoms with E-state index in [1.165, 1.54) is 0 Å². The predicted molar refractivity (Wildman–Crippen MR) is 71.4 cm³/mol. The molecule has 20 heavy (non-hydrogen) atoms. The molecule has 2 fully saturated rings. The Bertz CT molecular complexity index is 337. The first-order valence-corrected chi connectivity index (χ1v) is 7.14. The zero-order valence-corrected chi connectivity index (χ0v) is 11.7. The Hall–Kier alpha value is -1.18. The summed E-state index contributed by atoms with van der Waals surface area (Å²) in [5.74, 6) is 5.30. The van der Waals surface area contributed by atoms with Crippen molar-refractivity contribution in [3.63, 3.8) is 0 Å². The first-order chi connectivity index (χ1) is 9.70. The fraction of sp³-hybridized carbons (Fsp3) is 0.846. The van der Waals surface area contributed by atoms with Gasteiger partial charge in [-0.05, 0) is 19.3 Å². The van der Waals surface area contributed by atoms with Crippen LogP contribution < -0.4 is 11.3 Å². The number of nitrogens with one attached hydrogen (secondary N) is 1. The van der Waals surface area contributed by atoms with Gasteiger partial charge in [0.05, 0.1) is 13.2 Å². The van der Waals surface area contributed by atoms with Gasteiger partial charge in [0.1, 0.15) is 6.61 Å². The van der Waals surface area contributed by atoms with E-state index in [1.54, 1.807) is 4.90 Å². The summed E-state index contributed by atoms with van der Waals surface area (Å²) < 4.78 is 10.7. The minimum Gasteiger partial charge on any atom is -0.381 e. The lowest BCUT2D eigenvalue weighted by atomic mass is 9.96. The zero-order valence-electron chi connectivity index (χ0n) is 11.7. The van der Waals surface area contributed by atoms with E-state index in [9.17, 15) is 9.59 Å². The monoisotopic (exact) mass is 285 g/mol. The molecule has 0 aromatic rings. The highest BCUT2D eigenvalue weighted by Gasteiger charge is 2.27. The second kappa shape index (κ2) is 7.56. The molecule has 7 nitrogen and oxygen atoms in total. The average Bonchev–Trinajstić information content (AvgIpc) is 2.99. The molecule has 114 valence electrons. The molecule has 2 aliphatic heterocycles. The van der Waals surface area contributed by atoms with Gasteiger partial charge in [-0.15, -0.1) is 0 Å². The van der Waals surface area contributed by atoms with Gasteiger partial charge in [-0.2, -0.15) is 0 Å². The maximum Gasteiger partial charge on any atom is 0.248 e. The molecule has 0 saturated carbocycles. The van der Waals surface area contributed by atoms with Crippen LogP contribution in [0.25, 0.3) is 0 Å². The van der Waals surface area contributed by atoms with Crippen molar-refractivity contribution in [2.24, 2.45) is 17.7 Å². The molecule has 2 heterocycles. The topological polar surface area (TPSA) is 93.9 Å². The maximum absolute atomic E-state index is 12.0. The summed E-state index contributed by atoms with van der Waals surface area (Å²) in [7, 11) is 0. The largest absolute Gasteiger partial charge is 0.381 e. The fourth-order valence-corrected chi connectivity index (χ4v) is 2.63. The highest BCUT2D eigenvalue weighted by atomic mass is 16.5. The molecule has 0 aromatic carbocycles. The van der Waals surface area contributed by atoms with Gasteiger partial charge in [-0.3, -0.25) is 15.0 Å². The SMILES string of the molecule is NNC(=O)C1CCN(C(=O)COCC2CCOC2)CC1. The van der Waals surface area contributed by atoms with Crippen molar-refractivity contribution in [2.45, 2.75) is 19.3 Å². The Morgan fingerprint density at radius 3 is 2.65 bits per heavy atom. The minimum atomic E-state index is -0.144.